The number of hydrogen-bond acceptors (Lipinski definition) is 5. The summed E-state index contributed by atoms with van der Waals surface area (Å²) < 4.78 is 5.61. The fourth-order valence-corrected chi connectivity index (χ4v) is 2.06. The van der Waals surface area contributed by atoms with Crippen LogP contribution in [0.1, 0.15) is 31.8 Å². The van der Waals surface area contributed by atoms with Gasteiger partial charge in [-0.2, -0.15) is 0 Å². The Labute approximate surface area is 132 Å². The summed E-state index contributed by atoms with van der Waals surface area (Å²) >= 11 is 0. The number of carboxylic acids is 2. The van der Waals surface area contributed by atoms with Crippen molar-refractivity contribution >= 4 is 11.9 Å². The Balaban J connectivity index is 2.42. The van der Waals surface area contributed by atoms with E-state index in [0.717, 1.165) is 0 Å². The van der Waals surface area contributed by atoms with Crippen molar-refractivity contribution in [3.8, 4) is 11.5 Å². The van der Waals surface area contributed by atoms with Gasteiger partial charge in [0.1, 0.15) is 11.5 Å². The SMILES string of the molecule is NCc1cc(Oc2cc(CN)cc(C(=O)O)c2)cc(C(=O)O)c1. The molecule has 120 valence electrons. The summed E-state index contributed by atoms with van der Waals surface area (Å²) in [6, 6.07) is 8.79. The molecule has 0 saturated heterocycles. The molecule has 0 unspecified atom stereocenters. The standard InChI is InChI=1S/C16H16N2O5/c17-7-9-1-11(15(19)20)5-13(3-9)23-14-4-10(8-18)2-12(6-14)16(21)22/h1-6H,7-8,17-18H2,(H,19,20)(H,21,22). The van der Waals surface area contributed by atoms with Crippen LogP contribution < -0.4 is 16.2 Å². The third-order valence-corrected chi connectivity index (χ3v) is 3.13. The first-order chi connectivity index (χ1) is 10.9. The van der Waals surface area contributed by atoms with Gasteiger partial charge in [0, 0.05) is 13.1 Å². The normalized spacial score (nSPS) is 10.3. The van der Waals surface area contributed by atoms with Gasteiger partial charge < -0.3 is 26.4 Å². The van der Waals surface area contributed by atoms with E-state index in [-0.39, 0.29) is 35.7 Å². The second-order valence-corrected chi connectivity index (χ2v) is 4.85. The average molecular weight is 316 g/mol. The molecule has 0 spiro atoms. The third kappa shape index (κ3) is 4.06. The molecule has 0 bridgehead atoms. The summed E-state index contributed by atoms with van der Waals surface area (Å²) in [6.07, 6.45) is 0. The first-order valence-electron chi connectivity index (χ1n) is 6.75. The minimum Gasteiger partial charge on any atom is -0.478 e. The predicted molar refractivity (Wildman–Crippen MR) is 82.7 cm³/mol. The lowest BCUT2D eigenvalue weighted by atomic mass is 10.1. The van der Waals surface area contributed by atoms with Crippen molar-refractivity contribution in [3.05, 3.63) is 58.7 Å². The van der Waals surface area contributed by atoms with Crippen LogP contribution in [0.15, 0.2) is 36.4 Å². The molecule has 0 amide bonds. The molecule has 0 fully saturated rings. The number of nitrogens with two attached hydrogens (primary N) is 2. The summed E-state index contributed by atoms with van der Waals surface area (Å²) in [5, 5.41) is 18.2. The lowest BCUT2D eigenvalue weighted by Gasteiger charge is -2.11. The Hall–Kier alpha value is -2.90. The largest absolute Gasteiger partial charge is 0.478 e. The van der Waals surface area contributed by atoms with E-state index < -0.39 is 11.9 Å². The highest BCUT2D eigenvalue weighted by atomic mass is 16.5. The minimum atomic E-state index is -1.10. The quantitative estimate of drug-likeness (QED) is 0.637. The van der Waals surface area contributed by atoms with Crippen molar-refractivity contribution in [2.45, 2.75) is 13.1 Å². The number of ether oxygens (including phenoxy) is 1. The Kier molecular flexibility index (Phi) is 4.95. The van der Waals surface area contributed by atoms with E-state index in [1.54, 1.807) is 12.1 Å². The molecule has 6 N–H and O–H groups in total. The fraction of sp³-hybridized carbons (Fsp3) is 0.125. The summed E-state index contributed by atoms with van der Waals surface area (Å²) in [5.41, 5.74) is 12.4. The molecule has 0 aliphatic heterocycles. The minimum absolute atomic E-state index is 0.0383. The topological polar surface area (TPSA) is 136 Å². The zero-order valence-electron chi connectivity index (χ0n) is 12.2. The Bertz CT molecular complexity index is 695. The molecule has 0 aliphatic carbocycles. The molecule has 0 atom stereocenters. The number of carbonyl (C=O) groups is 2. The van der Waals surface area contributed by atoms with Crippen LogP contribution in [0.2, 0.25) is 0 Å². The van der Waals surface area contributed by atoms with E-state index in [1.807, 2.05) is 0 Å². The molecular formula is C16H16N2O5. The van der Waals surface area contributed by atoms with Gasteiger partial charge in [0.05, 0.1) is 11.1 Å². The fourth-order valence-electron chi connectivity index (χ4n) is 2.06. The molecule has 7 nitrogen and oxygen atoms in total. The van der Waals surface area contributed by atoms with Crippen molar-refractivity contribution < 1.29 is 24.5 Å². The second kappa shape index (κ2) is 6.91. The molecule has 2 aromatic rings. The molecule has 0 radical (unpaired) electrons. The maximum absolute atomic E-state index is 11.1. The molecule has 23 heavy (non-hydrogen) atoms. The Morgan fingerprint density at radius 1 is 0.783 bits per heavy atom. The first kappa shape index (κ1) is 16.5. The van der Waals surface area contributed by atoms with Crippen LogP contribution in [0.25, 0.3) is 0 Å². The van der Waals surface area contributed by atoms with Gasteiger partial charge in [0.25, 0.3) is 0 Å². The van der Waals surface area contributed by atoms with Crippen molar-refractivity contribution in [1.82, 2.24) is 0 Å². The predicted octanol–water partition coefficient (Wildman–Crippen LogP) is 1.79. The van der Waals surface area contributed by atoms with E-state index in [1.165, 1.54) is 24.3 Å². The summed E-state index contributed by atoms with van der Waals surface area (Å²) in [6.45, 7) is 0.307. The van der Waals surface area contributed by atoms with Gasteiger partial charge in [-0.15, -0.1) is 0 Å². The highest BCUT2D eigenvalue weighted by Crippen LogP contribution is 2.26. The highest BCUT2D eigenvalue weighted by molar-refractivity contribution is 5.89. The number of aromatic carboxylic acids is 2. The van der Waals surface area contributed by atoms with Crippen LogP contribution >= 0.6 is 0 Å². The zero-order valence-corrected chi connectivity index (χ0v) is 12.2. The van der Waals surface area contributed by atoms with E-state index in [0.29, 0.717) is 11.1 Å². The zero-order chi connectivity index (χ0) is 17.0. The molecule has 2 aromatic carbocycles. The molecule has 0 aromatic heterocycles. The molecule has 7 heteroatoms. The van der Waals surface area contributed by atoms with Gasteiger partial charge in [-0.3, -0.25) is 0 Å². The smallest absolute Gasteiger partial charge is 0.335 e. The monoisotopic (exact) mass is 316 g/mol. The summed E-state index contributed by atoms with van der Waals surface area (Å²) in [7, 11) is 0. The van der Waals surface area contributed by atoms with Crippen molar-refractivity contribution in [1.29, 1.82) is 0 Å². The number of hydrogen-bond donors (Lipinski definition) is 4. The lowest BCUT2D eigenvalue weighted by Crippen LogP contribution is -2.04. The van der Waals surface area contributed by atoms with E-state index in [9.17, 15) is 9.59 Å². The van der Waals surface area contributed by atoms with Gasteiger partial charge in [-0.25, -0.2) is 9.59 Å². The van der Waals surface area contributed by atoms with Gasteiger partial charge in [-0.05, 0) is 47.5 Å². The first-order valence-corrected chi connectivity index (χ1v) is 6.75. The molecule has 0 heterocycles. The molecule has 0 aliphatic rings. The van der Waals surface area contributed by atoms with Crippen LogP contribution in [0, 0.1) is 0 Å². The van der Waals surface area contributed by atoms with E-state index >= 15 is 0 Å². The van der Waals surface area contributed by atoms with Crippen molar-refractivity contribution in [3.63, 3.8) is 0 Å². The number of benzene rings is 2. The second-order valence-electron chi connectivity index (χ2n) is 4.85. The highest BCUT2D eigenvalue weighted by Gasteiger charge is 2.11. The average Bonchev–Trinajstić information content (AvgIpc) is 2.53. The Morgan fingerprint density at radius 3 is 1.48 bits per heavy atom. The lowest BCUT2D eigenvalue weighted by molar-refractivity contribution is 0.0686. The number of rotatable bonds is 6. The van der Waals surface area contributed by atoms with Gasteiger partial charge in [0.15, 0.2) is 0 Å². The maximum atomic E-state index is 11.1. The van der Waals surface area contributed by atoms with E-state index in [2.05, 4.69) is 0 Å². The van der Waals surface area contributed by atoms with Gasteiger partial charge in [0.2, 0.25) is 0 Å². The third-order valence-electron chi connectivity index (χ3n) is 3.13. The number of carboxylic acid groups (broad SMARTS) is 2. The van der Waals surface area contributed by atoms with Crippen LogP contribution in [-0.4, -0.2) is 22.2 Å². The van der Waals surface area contributed by atoms with Crippen LogP contribution in [0.5, 0.6) is 11.5 Å². The maximum Gasteiger partial charge on any atom is 0.335 e. The summed E-state index contributed by atoms with van der Waals surface area (Å²) in [4.78, 5) is 22.3. The van der Waals surface area contributed by atoms with Crippen molar-refractivity contribution in [2.24, 2.45) is 11.5 Å². The van der Waals surface area contributed by atoms with Gasteiger partial charge >= 0.3 is 11.9 Å². The van der Waals surface area contributed by atoms with E-state index in [4.69, 9.17) is 26.4 Å². The molecular weight excluding hydrogens is 300 g/mol. The molecule has 2 rings (SSSR count). The van der Waals surface area contributed by atoms with Crippen molar-refractivity contribution in [2.75, 3.05) is 0 Å². The van der Waals surface area contributed by atoms with Crippen LogP contribution in [0.3, 0.4) is 0 Å². The Morgan fingerprint density at radius 2 is 1.17 bits per heavy atom. The van der Waals surface area contributed by atoms with Gasteiger partial charge in [-0.1, -0.05) is 0 Å². The van der Waals surface area contributed by atoms with Crippen LogP contribution in [0.4, 0.5) is 0 Å². The summed E-state index contributed by atoms with van der Waals surface area (Å²) in [5.74, 6) is -1.69. The van der Waals surface area contributed by atoms with Crippen LogP contribution in [-0.2, 0) is 13.1 Å². The molecule has 0 saturated carbocycles.